The normalized spacial score (nSPS) is 27.2. The zero-order valence-electron chi connectivity index (χ0n) is 13.7. The van der Waals surface area contributed by atoms with Crippen LogP contribution in [0.4, 0.5) is 0 Å². The molecule has 120 valence electrons. The first kappa shape index (κ1) is 15.5. The largest absolute Gasteiger partial charge is 0.356 e. The van der Waals surface area contributed by atoms with Crippen LogP contribution in [0.25, 0.3) is 0 Å². The first-order chi connectivity index (χ1) is 10.7. The third kappa shape index (κ3) is 3.70. The SMILES string of the molecule is Cc1cccc(CN2CCCCCNC(=O)C3CCCC32)c1. The van der Waals surface area contributed by atoms with Crippen molar-refractivity contribution in [3.8, 4) is 0 Å². The third-order valence-electron chi connectivity index (χ3n) is 5.17. The van der Waals surface area contributed by atoms with E-state index in [1.807, 2.05) is 0 Å². The fourth-order valence-corrected chi connectivity index (χ4v) is 4.05. The molecule has 1 heterocycles. The Balaban J connectivity index is 1.77. The molecule has 1 N–H and O–H groups in total. The number of nitrogens with zero attached hydrogens (tertiary/aromatic N) is 1. The summed E-state index contributed by atoms with van der Waals surface area (Å²) in [6.45, 7) is 5.12. The van der Waals surface area contributed by atoms with Crippen LogP contribution in [0, 0.1) is 12.8 Å². The van der Waals surface area contributed by atoms with Crippen molar-refractivity contribution in [1.29, 1.82) is 0 Å². The standard InChI is InChI=1S/C19H28N2O/c1-15-7-5-8-16(13-15)14-21-12-4-2-3-11-20-19(22)17-9-6-10-18(17)21/h5,7-8,13,17-18H,2-4,6,9-12,14H2,1H3,(H,20,22). The van der Waals surface area contributed by atoms with E-state index in [0.29, 0.717) is 11.9 Å². The average Bonchev–Trinajstić information content (AvgIpc) is 2.98. The van der Waals surface area contributed by atoms with Crippen LogP contribution in [0.15, 0.2) is 24.3 Å². The van der Waals surface area contributed by atoms with Crippen molar-refractivity contribution in [2.24, 2.45) is 5.92 Å². The second-order valence-electron chi connectivity index (χ2n) is 6.92. The van der Waals surface area contributed by atoms with Gasteiger partial charge in [-0.05, 0) is 44.7 Å². The predicted molar refractivity (Wildman–Crippen MR) is 89.6 cm³/mol. The Morgan fingerprint density at radius 1 is 1.18 bits per heavy atom. The van der Waals surface area contributed by atoms with E-state index in [2.05, 4.69) is 41.4 Å². The quantitative estimate of drug-likeness (QED) is 0.909. The molecular formula is C19H28N2O. The molecule has 22 heavy (non-hydrogen) atoms. The van der Waals surface area contributed by atoms with E-state index in [1.54, 1.807) is 0 Å². The van der Waals surface area contributed by atoms with E-state index in [4.69, 9.17) is 0 Å². The Labute approximate surface area is 134 Å². The van der Waals surface area contributed by atoms with E-state index < -0.39 is 0 Å². The predicted octanol–water partition coefficient (Wildman–Crippen LogP) is 3.27. The van der Waals surface area contributed by atoms with Crippen LogP contribution in [0.5, 0.6) is 0 Å². The molecule has 0 bridgehead atoms. The summed E-state index contributed by atoms with van der Waals surface area (Å²) in [5.41, 5.74) is 2.70. The minimum Gasteiger partial charge on any atom is -0.356 e. The van der Waals surface area contributed by atoms with Crippen LogP contribution >= 0.6 is 0 Å². The zero-order valence-corrected chi connectivity index (χ0v) is 13.7. The molecule has 3 nitrogen and oxygen atoms in total. The van der Waals surface area contributed by atoms with Gasteiger partial charge in [-0.3, -0.25) is 9.69 Å². The van der Waals surface area contributed by atoms with Gasteiger partial charge < -0.3 is 5.32 Å². The maximum absolute atomic E-state index is 12.4. The molecule has 3 heteroatoms. The summed E-state index contributed by atoms with van der Waals surface area (Å²) >= 11 is 0. The molecule has 2 atom stereocenters. The lowest BCUT2D eigenvalue weighted by Gasteiger charge is -2.33. The lowest BCUT2D eigenvalue weighted by molar-refractivity contribution is -0.126. The Morgan fingerprint density at radius 2 is 2.09 bits per heavy atom. The molecule has 0 spiro atoms. The lowest BCUT2D eigenvalue weighted by Crippen LogP contribution is -2.45. The summed E-state index contributed by atoms with van der Waals surface area (Å²) in [6.07, 6.45) is 6.98. The fourth-order valence-electron chi connectivity index (χ4n) is 4.05. The van der Waals surface area contributed by atoms with E-state index in [1.165, 1.54) is 36.8 Å². The molecule has 1 aromatic carbocycles. The molecular weight excluding hydrogens is 272 g/mol. The van der Waals surface area contributed by atoms with Crippen LogP contribution in [0.2, 0.25) is 0 Å². The van der Waals surface area contributed by atoms with Gasteiger partial charge in [-0.2, -0.15) is 0 Å². The van der Waals surface area contributed by atoms with Crippen molar-refractivity contribution >= 4 is 5.91 Å². The second kappa shape index (κ2) is 7.28. The van der Waals surface area contributed by atoms with Gasteiger partial charge in [0.25, 0.3) is 0 Å². The minimum absolute atomic E-state index is 0.197. The van der Waals surface area contributed by atoms with Crippen LogP contribution in [-0.2, 0) is 11.3 Å². The molecule has 1 saturated carbocycles. The summed E-state index contributed by atoms with van der Waals surface area (Å²) in [6, 6.07) is 9.22. The third-order valence-corrected chi connectivity index (χ3v) is 5.17. The molecule has 1 saturated heterocycles. The number of hydrogen-bond donors (Lipinski definition) is 1. The van der Waals surface area contributed by atoms with Crippen molar-refractivity contribution in [2.45, 2.75) is 58.0 Å². The van der Waals surface area contributed by atoms with Gasteiger partial charge >= 0.3 is 0 Å². The van der Waals surface area contributed by atoms with E-state index in [-0.39, 0.29) is 5.92 Å². The summed E-state index contributed by atoms with van der Waals surface area (Å²) in [4.78, 5) is 15.0. The van der Waals surface area contributed by atoms with Crippen molar-refractivity contribution in [1.82, 2.24) is 10.2 Å². The summed E-state index contributed by atoms with van der Waals surface area (Å²) < 4.78 is 0. The first-order valence-corrected chi connectivity index (χ1v) is 8.81. The number of hydrogen-bond acceptors (Lipinski definition) is 2. The van der Waals surface area contributed by atoms with Gasteiger partial charge in [0.05, 0.1) is 5.92 Å². The zero-order chi connectivity index (χ0) is 15.4. The number of fused-ring (bicyclic) bond motifs is 1. The van der Waals surface area contributed by atoms with Crippen LogP contribution < -0.4 is 5.32 Å². The number of carbonyl (C=O) groups excluding carboxylic acids is 1. The molecule has 1 amide bonds. The number of nitrogens with one attached hydrogen (secondary N) is 1. The lowest BCUT2D eigenvalue weighted by atomic mass is 9.98. The Bertz CT molecular complexity index is 514. The molecule has 2 fully saturated rings. The maximum atomic E-state index is 12.4. The summed E-state index contributed by atoms with van der Waals surface area (Å²) in [5.74, 6) is 0.488. The van der Waals surface area contributed by atoms with Crippen LogP contribution in [0.1, 0.15) is 49.7 Å². The Hall–Kier alpha value is -1.35. The van der Waals surface area contributed by atoms with E-state index in [9.17, 15) is 4.79 Å². The van der Waals surface area contributed by atoms with Gasteiger partial charge in [0.1, 0.15) is 0 Å². The molecule has 0 aromatic heterocycles. The van der Waals surface area contributed by atoms with Crippen molar-refractivity contribution < 1.29 is 4.79 Å². The Morgan fingerprint density at radius 3 is 2.95 bits per heavy atom. The average molecular weight is 300 g/mol. The maximum Gasteiger partial charge on any atom is 0.224 e. The molecule has 1 aliphatic heterocycles. The summed E-state index contributed by atoms with van der Waals surface area (Å²) in [5, 5.41) is 3.15. The number of aryl methyl sites for hydroxylation is 1. The highest BCUT2D eigenvalue weighted by Gasteiger charge is 2.36. The molecule has 1 aliphatic carbocycles. The van der Waals surface area contributed by atoms with Crippen molar-refractivity contribution in [2.75, 3.05) is 13.1 Å². The van der Waals surface area contributed by atoms with Crippen LogP contribution in [-0.4, -0.2) is 29.9 Å². The number of benzene rings is 1. The summed E-state index contributed by atoms with van der Waals surface area (Å²) in [7, 11) is 0. The highest BCUT2D eigenvalue weighted by molar-refractivity contribution is 5.79. The molecule has 2 aliphatic rings. The Kier molecular flexibility index (Phi) is 5.14. The van der Waals surface area contributed by atoms with Gasteiger partial charge in [0.15, 0.2) is 0 Å². The highest BCUT2D eigenvalue weighted by atomic mass is 16.1. The highest BCUT2D eigenvalue weighted by Crippen LogP contribution is 2.32. The van der Waals surface area contributed by atoms with E-state index >= 15 is 0 Å². The van der Waals surface area contributed by atoms with Gasteiger partial charge in [0, 0.05) is 19.1 Å². The fraction of sp³-hybridized carbons (Fsp3) is 0.632. The van der Waals surface area contributed by atoms with Gasteiger partial charge in [-0.15, -0.1) is 0 Å². The van der Waals surface area contributed by atoms with E-state index in [0.717, 1.165) is 32.5 Å². The first-order valence-electron chi connectivity index (χ1n) is 8.81. The minimum atomic E-state index is 0.197. The number of carbonyl (C=O) groups is 1. The van der Waals surface area contributed by atoms with Gasteiger partial charge in [-0.25, -0.2) is 0 Å². The topological polar surface area (TPSA) is 32.3 Å². The molecule has 3 rings (SSSR count). The van der Waals surface area contributed by atoms with Crippen molar-refractivity contribution in [3.05, 3.63) is 35.4 Å². The molecule has 0 radical (unpaired) electrons. The van der Waals surface area contributed by atoms with Crippen LogP contribution in [0.3, 0.4) is 0 Å². The molecule has 1 aromatic rings. The second-order valence-corrected chi connectivity index (χ2v) is 6.92. The smallest absolute Gasteiger partial charge is 0.224 e. The number of rotatable bonds is 2. The van der Waals surface area contributed by atoms with Gasteiger partial charge in [0.2, 0.25) is 5.91 Å². The number of amides is 1. The van der Waals surface area contributed by atoms with Gasteiger partial charge in [-0.1, -0.05) is 42.7 Å². The molecule has 2 unspecified atom stereocenters. The van der Waals surface area contributed by atoms with Crippen molar-refractivity contribution in [3.63, 3.8) is 0 Å². The monoisotopic (exact) mass is 300 g/mol.